The first-order chi connectivity index (χ1) is 13.2. The fraction of sp³-hybridized carbons (Fsp3) is 0.500. The highest BCUT2D eigenvalue weighted by atomic mass is 16.6. The summed E-state index contributed by atoms with van der Waals surface area (Å²) < 4.78 is 10.6. The highest BCUT2D eigenvalue weighted by Gasteiger charge is 2.38. The predicted octanol–water partition coefficient (Wildman–Crippen LogP) is 1.03. The van der Waals surface area contributed by atoms with E-state index in [0.717, 1.165) is 0 Å². The second-order valence-corrected chi connectivity index (χ2v) is 6.57. The Morgan fingerprint density at radius 3 is 2.64 bits per heavy atom. The van der Waals surface area contributed by atoms with Gasteiger partial charge in [-0.2, -0.15) is 0 Å². The molecule has 2 rings (SSSR count). The third-order valence-electron chi connectivity index (χ3n) is 4.05. The highest BCUT2D eigenvalue weighted by Crippen LogP contribution is 2.27. The summed E-state index contributed by atoms with van der Waals surface area (Å²) >= 11 is 0. The van der Waals surface area contributed by atoms with Crippen LogP contribution >= 0.6 is 0 Å². The summed E-state index contributed by atoms with van der Waals surface area (Å²) in [5.41, 5.74) is -0.268. The molecule has 0 bridgehead atoms. The lowest BCUT2D eigenvalue weighted by molar-refractivity contribution is -0.386. The molecule has 2 unspecified atom stereocenters. The molecule has 1 heterocycles. The minimum Gasteiger partial charge on any atom is -0.474 e. The van der Waals surface area contributed by atoms with Crippen molar-refractivity contribution in [1.29, 1.82) is 0 Å². The van der Waals surface area contributed by atoms with Crippen LogP contribution in [0.25, 0.3) is 0 Å². The second-order valence-electron chi connectivity index (χ2n) is 6.57. The van der Waals surface area contributed by atoms with E-state index in [4.69, 9.17) is 9.47 Å². The van der Waals surface area contributed by atoms with Gasteiger partial charge >= 0.3 is 11.7 Å². The van der Waals surface area contributed by atoms with E-state index in [1.165, 1.54) is 30.0 Å². The van der Waals surface area contributed by atoms with Gasteiger partial charge in [-0.15, -0.1) is 0 Å². The molecule has 0 saturated carbocycles. The molecule has 1 saturated heterocycles. The largest absolute Gasteiger partial charge is 0.474 e. The average Bonchev–Trinajstić information content (AvgIpc) is 2.62. The number of nitro groups is 1. The van der Waals surface area contributed by atoms with Crippen LogP contribution in [-0.4, -0.2) is 58.9 Å². The SMILES string of the molecule is CC(C)OC(=O)CC1C(=O)NCCN1C(=O)C(C)Oc1ccccc1[N+](=O)[O-]. The fourth-order valence-electron chi connectivity index (χ4n) is 2.83. The lowest BCUT2D eigenvalue weighted by Crippen LogP contribution is -2.60. The third kappa shape index (κ3) is 5.18. The van der Waals surface area contributed by atoms with E-state index < -0.39 is 34.9 Å². The molecule has 0 aliphatic carbocycles. The number of esters is 1. The number of carbonyl (C=O) groups is 3. The molecule has 2 amide bonds. The Bertz CT molecular complexity index is 765. The van der Waals surface area contributed by atoms with Crippen molar-refractivity contribution in [2.45, 2.75) is 45.4 Å². The molecule has 0 aromatic heterocycles. The van der Waals surface area contributed by atoms with Gasteiger partial charge in [-0.3, -0.25) is 24.5 Å². The van der Waals surface area contributed by atoms with Crippen molar-refractivity contribution in [2.24, 2.45) is 0 Å². The van der Waals surface area contributed by atoms with Gasteiger partial charge in [0.25, 0.3) is 5.91 Å². The molecule has 1 N–H and O–H groups in total. The van der Waals surface area contributed by atoms with Gasteiger partial charge in [0, 0.05) is 19.2 Å². The van der Waals surface area contributed by atoms with Crippen molar-refractivity contribution >= 4 is 23.5 Å². The van der Waals surface area contributed by atoms with Gasteiger partial charge < -0.3 is 19.7 Å². The maximum Gasteiger partial charge on any atom is 0.310 e. The molecular formula is C18H23N3O7. The molecule has 10 heteroatoms. The molecular weight excluding hydrogens is 370 g/mol. The maximum absolute atomic E-state index is 12.8. The van der Waals surface area contributed by atoms with Crippen molar-refractivity contribution in [1.82, 2.24) is 10.2 Å². The number of para-hydroxylation sites is 2. The van der Waals surface area contributed by atoms with Crippen LogP contribution in [0.3, 0.4) is 0 Å². The molecule has 1 aliphatic heterocycles. The van der Waals surface area contributed by atoms with Gasteiger partial charge in [0.1, 0.15) is 6.04 Å². The first-order valence-electron chi connectivity index (χ1n) is 8.88. The Morgan fingerprint density at radius 2 is 2.00 bits per heavy atom. The number of rotatable bonds is 7. The molecule has 2 atom stereocenters. The van der Waals surface area contributed by atoms with Crippen LogP contribution in [0, 0.1) is 10.1 Å². The van der Waals surface area contributed by atoms with Gasteiger partial charge in [0.2, 0.25) is 5.91 Å². The molecule has 28 heavy (non-hydrogen) atoms. The molecule has 0 radical (unpaired) electrons. The third-order valence-corrected chi connectivity index (χ3v) is 4.05. The van der Waals surface area contributed by atoms with Crippen molar-refractivity contribution in [3.8, 4) is 5.75 Å². The molecule has 10 nitrogen and oxygen atoms in total. The fourth-order valence-corrected chi connectivity index (χ4v) is 2.83. The lowest BCUT2D eigenvalue weighted by atomic mass is 10.1. The number of carbonyl (C=O) groups excluding carboxylic acids is 3. The summed E-state index contributed by atoms with van der Waals surface area (Å²) in [6.07, 6.45) is -1.71. The first kappa shape index (κ1) is 21.1. The monoisotopic (exact) mass is 393 g/mol. The summed E-state index contributed by atoms with van der Waals surface area (Å²) in [4.78, 5) is 48.8. The molecule has 1 aromatic rings. The Morgan fingerprint density at radius 1 is 1.32 bits per heavy atom. The predicted molar refractivity (Wildman–Crippen MR) is 97.5 cm³/mol. The number of nitrogens with zero attached hydrogens (tertiary/aromatic N) is 2. The smallest absolute Gasteiger partial charge is 0.310 e. The van der Waals surface area contributed by atoms with Crippen molar-refractivity contribution in [3.63, 3.8) is 0 Å². The van der Waals surface area contributed by atoms with Crippen LogP contribution in [0.15, 0.2) is 24.3 Å². The van der Waals surface area contributed by atoms with E-state index in [1.54, 1.807) is 19.9 Å². The van der Waals surface area contributed by atoms with Gasteiger partial charge in [0.15, 0.2) is 11.9 Å². The average molecular weight is 393 g/mol. The molecule has 1 aliphatic rings. The Labute approximate surface area is 161 Å². The standard InChI is InChI=1S/C18H23N3O7/c1-11(2)27-16(22)10-14-17(23)19-8-9-20(14)18(24)12(3)28-15-7-5-4-6-13(15)21(25)26/h4-7,11-12,14H,8-10H2,1-3H3,(H,19,23). The Balaban J connectivity index is 2.14. The minimum absolute atomic E-state index is 0.0504. The normalized spacial score (nSPS) is 17.6. The second kappa shape index (κ2) is 9.16. The van der Waals surface area contributed by atoms with Crippen LogP contribution in [0.2, 0.25) is 0 Å². The molecule has 152 valence electrons. The summed E-state index contributed by atoms with van der Waals surface area (Å²) in [5, 5.41) is 13.7. The van der Waals surface area contributed by atoms with Crippen molar-refractivity contribution < 1.29 is 28.8 Å². The van der Waals surface area contributed by atoms with E-state index in [0.29, 0.717) is 0 Å². The number of nitro benzene ring substituents is 1. The van der Waals surface area contributed by atoms with Crippen molar-refractivity contribution in [3.05, 3.63) is 34.4 Å². The number of nitrogens with one attached hydrogen (secondary N) is 1. The number of hydrogen-bond donors (Lipinski definition) is 1. The Kier molecular flexibility index (Phi) is 6.91. The number of hydrogen-bond acceptors (Lipinski definition) is 7. The zero-order valence-corrected chi connectivity index (χ0v) is 15.9. The van der Waals surface area contributed by atoms with Gasteiger partial charge in [-0.05, 0) is 26.8 Å². The topological polar surface area (TPSA) is 128 Å². The molecule has 0 spiro atoms. The first-order valence-corrected chi connectivity index (χ1v) is 8.88. The van der Waals surface area contributed by atoms with Gasteiger partial charge in [0.05, 0.1) is 17.4 Å². The summed E-state index contributed by atoms with van der Waals surface area (Å²) in [7, 11) is 0. The molecule has 1 fully saturated rings. The lowest BCUT2D eigenvalue weighted by Gasteiger charge is -2.36. The van der Waals surface area contributed by atoms with Crippen LogP contribution in [0.5, 0.6) is 5.75 Å². The van der Waals surface area contributed by atoms with Crippen molar-refractivity contribution in [2.75, 3.05) is 13.1 Å². The summed E-state index contributed by atoms with van der Waals surface area (Å²) in [6, 6.07) is 4.68. The Hall–Kier alpha value is -3.17. The van der Waals surface area contributed by atoms with Gasteiger partial charge in [-0.25, -0.2) is 0 Å². The van der Waals surface area contributed by atoms with Crippen LogP contribution < -0.4 is 10.1 Å². The van der Waals surface area contributed by atoms with Crippen LogP contribution in [0.4, 0.5) is 5.69 Å². The van der Waals surface area contributed by atoms with E-state index in [2.05, 4.69) is 5.32 Å². The zero-order chi connectivity index (χ0) is 20.8. The minimum atomic E-state index is -1.09. The van der Waals surface area contributed by atoms with E-state index >= 15 is 0 Å². The van der Waals surface area contributed by atoms with Gasteiger partial charge in [-0.1, -0.05) is 12.1 Å². The number of piperazine rings is 1. The zero-order valence-electron chi connectivity index (χ0n) is 15.9. The molecule has 1 aromatic carbocycles. The van der Waals surface area contributed by atoms with E-state index in [-0.39, 0.29) is 37.1 Å². The van der Waals surface area contributed by atoms with Crippen LogP contribution in [-0.2, 0) is 19.1 Å². The number of benzene rings is 1. The summed E-state index contributed by atoms with van der Waals surface area (Å²) in [6.45, 7) is 5.23. The van der Waals surface area contributed by atoms with Crippen LogP contribution in [0.1, 0.15) is 27.2 Å². The quantitative estimate of drug-likeness (QED) is 0.416. The summed E-state index contributed by atoms with van der Waals surface area (Å²) in [5.74, 6) is -1.65. The van der Waals surface area contributed by atoms with E-state index in [9.17, 15) is 24.5 Å². The number of ether oxygens (including phenoxy) is 2. The number of amides is 2. The maximum atomic E-state index is 12.8. The highest BCUT2D eigenvalue weighted by molar-refractivity contribution is 5.93. The van der Waals surface area contributed by atoms with E-state index in [1.807, 2.05) is 0 Å².